The van der Waals surface area contributed by atoms with Gasteiger partial charge in [0.05, 0.1) is 12.1 Å². The fourth-order valence-electron chi connectivity index (χ4n) is 5.72. The van der Waals surface area contributed by atoms with Gasteiger partial charge in [-0.05, 0) is 69.2 Å². The first-order valence-electron chi connectivity index (χ1n) is 8.59. The Kier molecular flexibility index (Phi) is 3.38. The minimum absolute atomic E-state index is 0.0523. The third-order valence-electron chi connectivity index (χ3n) is 6.18. The lowest BCUT2D eigenvalue weighted by Crippen LogP contribution is -2.63. The molecule has 0 aromatic heterocycles. The number of carbonyl (C=O) groups excluding carboxylic acids is 1. The molecule has 0 aromatic rings. The minimum Gasteiger partial charge on any atom is -0.390 e. The standard InChI is InChI=1S/C16H27N3O2/c20-14-9-17-2-1-13(14)18-15(21)19-16-6-10-3-11(7-16)5-12(4-10)8-16/h10-14,17,20H,1-9H2,(H2,18,19,21)/t10?,11?,12?,13-,14-,16?/m1/s1. The smallest absolute Gasteiger partial charge is 0.315 e. The average molecular weight is 293 g/mol. The maximum atomic E-state index is 12.4. The summed E-state index contributed by atoms with van der Waals surface area (Å²) in [5, 5.41) is 19.4. The summed E-state index contributed by atoms with van der Waals surface area (Å²) in [6.07, 6.45) is 7.99. The second-order valence-corrected chi connectivity index (χ2v) is 7.96. The van der Waals surface area contributed by atoms with Crippen molar-refractivity contribution >= 4 is 6.03 Å². The minimum atomic E-state index is -0.471. The van der Waals surface area contributed by atoms with E-state index in [-0.39, 0.29) is 17.6 Å². The fraction of sp³-hybridized carbons (Fsp3) is 0.938. The molecule has 0 spiro atoms. The third-order valence-corrected chi connectivity index (χ3v) is 6.18. The van der Waals surface area contributed by atoms with Crippen molar-refractivity contribution in [2.24, 2.45) is 17.8 Å². The lowest BCUT2D eigenvalue weighted by molar-refractivity contribution is -0.0141. The van der Waals surface area contributed by atoms with Crippen molar-refractivity contribution in [2.45, 2.75) is 62.6 Å². The first-order chi connectivity index (χ1) is 10.1. The van der Waals surface area contributed by atoms with E-state index < -0.39 is 6.10 Å². The molecule has 21 heavy (non-hydrogen) atoms. The summed E-state index contributed by atoms with van der Waals surface area (Å²) in [7, 11) is 0. The Morgan fingerprint density at radius 3 is 2.29 bits per heavy atom. The van der Waals surface area contributed by atoms with Crippen LogP contribution >= 0.6 is 0 Å². The van der Waals surface area contributed by atoms with Gasteiger partial charge in [-0.3, -0.25) is 0 Å². The van der Waals surface area contributed by atoms with Gasteiger partial charge < -0.3 is 21.1 Å². The van der Waals surface area contributed by atoms with E-state index in [1.54, 1.807) is 0 Å². The highest BCUT2D eigenvalue weighted by molar-refractivity contribution is 5.75. The van der Waals surface area contributed by atoms with Gasteiger partial charge in [0.1, 0.15) is 0 Å². The molecule has 4 saturated carbocycles. The fourth-order valence-corrected chi connectivity index (χ4v) is 5.72. The van der Waals surface area contributed by atoms with E-state index in [1.165, 1.54) is 38.5 Å². The Hall–Kier alpha value is -0.810. The van der Waals surface area contributed by atoms with Crippen molar-refractivity contribution in [1.82, 2.24) is 16.0 Å². The summed E-state index contributed by atoms with van der Waals surface area (Å²) in [6, 6.07) is -0.178. The maximum Gasteiger partial charge on any atom is 0.315 e. The van der Waals surface area contributed by atoms with Crippen LogP contribution in [0, 0.1) is 17.8 Å². The number of β-amino-alcohol motifs (C(OH)–C–C–N with tert-alkyl or cyclic N) is 1. The van der Waals surface area contributed by atoms with Gasteiger partial charge in [0, 0.05) is 12.1 Å². The van der Waals surface area contributed by atoms with E-state index in [1.807, 2.05) is 0 Å². The van der Waals surface area contributed by atoms with Crippen molar-refractivity contribution in [3.8, 4) is 0 Å². The first-order valence-corrected chi connectivity index (χ1v) is 8.59. The molecule has 0 unspecified atom stereocenters. The molecule has 0 aromatic carbocycles. The number of amides is 2. The van der Waals surface area contributed by atoms with Crippen LogP contribution in [-0.4, -0.2) is 41.9 Å². The highest BCUT2D eigenvalue weighted by atomic mass is 16.3. The van der Waals surface area contributed by atoms with Crippen LogP contribution in [0.3, 0.4) is 0 Å². The molecular weight excluding hydrogens is 266 g/mol. The molecule has 1 aliphatic heterocycles. The summed E-state index contributed by atoms with van der Waals surface area (Å²) >= 11 is 0. The van der Waals surface area contributed by atoms with Crippen LogP contribution in [0.1, 0.15) is 44.9 Å². The number of urea groups is 1. The van der Waals surface area contributed by atoms with Crippen LogP contribution in [0.2, 0.25) is 0 Å². The highest BCUT2D eigenvalue weighted by Crippen LogP contribution is 2.55. The monoisotopic (exact) mass is 293 g/mol. The van der Waals surface area contributed by atoms with Gasteiger partial charge in [-0.1, -0.05) is 0 Å². The van der Waals surface area contributed by atoms with E-state index >= 15 is 0 Å². The van der Waals surface area contributed by atoms with Crippen molar-refractivity contribution in [1.29, 1.82) is 0 Å². The molecule has 5 heteroatoms. The Bertz CT molecular complexity index is 390. The first kappa shape index (κ1) is 13.8. The van der Waals surface area contributed by atoms with Gasteiger partial charge >= 0.3 is 6.03 Å². The molecule has 1 saturated heterocycles. The summed E-state index contributed by atoms with van der Waals surface area (Å²) in [5.41, 5.74) is 0.0523. The zero-order valence-electron chi connectivity index (χ0n) is 12.6. The average Bonchev–Trinajstić information content (AvgIpc) is 2.39. The van der Waals surface area contributed by atoms with Crippen LogP contribution < -0.4 is 16.0 Å². The van der Waals surface area contributed by atoms with Gasteiger partial charge in [-0.25, -0.2) is 4.79 Å². The van der Waals surface area contributed by atoms with Crippen LogP contribution in [0.15, 0.2) is 0 Å². The van der Waals surface area contributed by atoms with Crippen molar-refractivity contribution < 1.29 is 9.90 Å². The second kappa shape index (κ2) is 5.13. The van der Waals surface area contributed by atoms with E-state index in [0.29, 0.717) is 6.54 Å². The van der Waals surface area contributed by atoms with Crippen LogP contribution in [-0.2, 0) is 0 Å². The largest absolute Gasteiger partial charge is 0.390 e. The molecule has 1 heterocycles. The van der Waals surface area contributed by atoms with Gasteiger partial charge in [0.25, 0.3) is 0 Å². The Morgan fingerprint density at radius 1 is 1.10 bits per heavy atom. The Balaban J connectivity index is 1.38. The summed E-state index contributed by atoms with van der Waals surface area (Å²) in [5.74, 6) is 2.50. The normalized spacial score (nSPS) is 48.1. The SMILES string of the molecule is O=C(N[C@@H]1CCNC[C@H]1O)NC12CC3CC(CC(C3)C1)C2. The van der Waals surface area contributed by atoms with Crippen LogP contribution in [0.4, 0.5) is 4.79 Å². The summed E-state index contributed by atoms with van der Waals surface area (Å²) in [4.78, 5) is 12.4. The predicted molar refractivity (Wildman–Crippen MR) is 79.9 cm³/mol. The number of nitrogens with one attached hydrogen (secondary N) is 3. The Labute approximate surface area is 126 Å². The lowest BCUT2D eigenvalue weighted by atomic mass is 9.53. The topological polar surface area (TPSA) is 73.4 Å². The maximum absolute atomic E-state index is 12.4. The van der Waals surface area contributed by atoms with Crippen LogP contribution in [0.5, 0.6) is 0 Å². The number of piperidine rings is 1. The lowest BCUT2D eigenvalue weighted by Gasteiger charge is -2.56. The molecule has 118 valence electrons. The second-order valence-electron chi connectivity index (χ2n) is 7.96. The number of aliphatic hydroxyl groups excluding tert-OH is 1. The van der Waals surface area contributed by atoms with E-state index in [9.17, 15) is 9.90 Å². The number of carbonyl (C=O) groups is 1. The molecule has 5 fully saturated rings. The van der Waals surface area contributed by atoms with E-state index in [0.717, 1.165) is 30.7 Å². The zero-order chi connectivity index (χ0) is 14.4. The molecule has 5 nitrogen and oxygen atoms in total. The molecule has 0 radical (unpaired) electrons. The molecular formula is C16H27N3O2. The van der Waals surface area contributed by atoms with Gasteiger partial charge in [0.15, 0.2) is 0 Å². The third kappa shape index (κ3) is 2.66. The molecule has 2 amide bonds. The van der Waals surface area contributed by atoms with Crippen LogP contribution in [0.25, 0.3) is 0 Å². The van der Waals surface area contributed by atoms with Crippen molar-refractivity contribution in [2.75, 3.05) is 13.1 Å². The summed E-state index contributed by atoms with van der Waals surface area (Å²) < 4.78 is 0. The highest BCUT2D eigenvalue weighted by Gasteiger charge is 2.51. The number of hydrogen-bond donors (Lipinski definition) is 4. The van der Waals surface area contributed by atoms with Crippen molar-refractivity contribution in [3.05, 3.63) is 0 Å². The van der Waals surface area contributed by atoms with Crippen molar-refractivity contribution in [3.63, 3.8) is 0 Å². The quantitative estimate of drug-likeness (QED) is 0.613. The van der Waals surface area contributed by atoms with Gasteiger partial charge in [-0.15, -0.1) is 0 Å². The zero-order valence-corrected chi connectivity index (χ0v) is 12.6. The van der Waals surface area contributed by atoms with Gasteiger partial charge in [0.2, 0.25) is 0 Å². The Morgan fingerprint density at radius 2 is 1.71 bits per heavy atom. The van der Waals surface area contributed by atoms with Gasteiger partial charge in [-0.2, -0.15) is 0 Å². The number of aliphatic hydroxyl groups is 1. The molecule has 4 bridgehead atoms. The summed E-state index contributed by atoms with van der Waals surface area (Å²) in [6.45, 7) is 1.43. The molecule has 5 rings (SSSR count). The van der Waals surface area contributed by atoms with E-state index in [2.05, 4.69) is 16.0 Å². The van der Waals surface area contributed by atoms with E-state index in [4.69, 9.17) is 0 Å². The molecule has 4 aliphatic carbocycles. The molecule has 2 atom stereocenters. The number of rotatable bonds is 2. The number of hydrogen-bond acceptors (Lipinski definition) is 3. The predicted octanol–water partition coefficient (Wildman–Crippen LogP) is 0.977. The molecule has 5 aliphatic rings. The molecule has 4 N–H and O–H groups in total.